The van der Waals surface area contributed by atoms with Crippen LogP contribution in [0.5, 0.6) is 0 Å². The van der Waals surface area contributed by atoms with Gasteiger partial charge in [0.2, 0.25) is 0 Å². The average Bonchev–Trinajstić information content (AvgIpc) is 3.26. The summed E-state index contributed by atoms with van der Waals surface area (Å²) < 4.78 is 3.66. The molecule has 1 amide bonds. The number of benzene rings is 1. The maximum absolute atomic E-state index is 12.7. The molecule has 0 aliphatic heterocycles. The summed E-state index contributed by atoms with van der Waals surface area (Å²) in [5.74, 6) is 0.546. The van der Waals surface area contributed by atoms with E-state index in [1.54, 1.807) is 17.2 Å². The smallest absolute Gasteiger partial charge is 0.257 e. The van der Waals surface area contributed by atoms with Crippen molar-refractivity contribution in [1.82, 2.24) is 29.5 Å². The van der Waals surface area contributed by atoms with Crippen LogP contribution in [0.3, 0.4) is 0 Å². The minimum absolute atomic E-state index is 0.221. The molecule has 0 aliphatic rings. The average molecular weight is 361 g/mol. The number of nitrogens with one attached hydrogen (secondary N) is 1. The van der Waals surface area contributed by atoms with Crippen LogP contribution in [0.4, 0.5) is 5.69 Å². The number of anilines is 1. The number of rotatable bonds is 4. The van der Waals surface area contributed by atoms with E-state index in [-0.39, 0.29) is 5.91 Å². The Morgan fingerprint density at radius 3 is 2.93 bits per heavy atom. The van der Waals surface area contributed by atoms with Gasteiger partial charge in [0, 0.05) is 36.4 Å². The highest BCUT2D eigenvalue weighted by atomic mass is 16.1. The lowest BCUT2D eigenvalue weighted by atomic mass is 10.1. The standard InChI is InChI=1S/C19H19N7O/c1-4-26-11-21-23-17(26)13-6-5-7-15(8-13)22-19(27)14-9-16-12(2)24-25(3)18(16)20-10-14/h5-11H,4H2,1-3H3,(H,22,27). The molecule has 0 unspecified atom stereocenters. The van der Waals surface area contributed by atoms with Crippen LogP contribution >= 0.6 is 0 Å². The predicted octanol–water partition coefficient (Wildman–Crippen LogP) is 2.81. The van der Waals surface area contributed by atoms with Gasteiger partial charge in [-0.05, 0) is 32.0 Å². The van der Waals surface area contributed by atoms with Gasteiger partial charge in [-0.15, -0.1) is 10.2 Å². The van der Waals surface area contributed by atoms with E-state index < -0.39 is 0 Å². The largest absolute Gasteiger partial charge is 0.322 e. The van der Waals surface area contributed by atoms with E-state index in [0.29, 0.717) is 11.3 Å². The van der Waals surface area contributed by atoms with E-state index in [0.717, 1.165) is 34.7 Å². The number of nitrogens with zero attached hydrogens (tertiary/aromatic N) is 6. The van der Waals surface area contributed by atoms with Crippen LogP contribution in [-0.4, -0.2) is 35.4 Å². The molecule has 1 N–H and O–H groups in total. The third kappa shape index (κ3) is 3.05. The Labute approximate surface area is 155 Å². The molecular weight excluding hydrogens is 342 g/mol. The maximum Gasteiger partial charge on any atom is 0.257 e. The molecule has 27 heavy (non-hydrogen) atoms. The van der Waals surface area contributed by atoms with E-state index in [4.69, 9.17) is 0 Å². The van der Waals surface area contributed by atoms with Gasteiger partial charge in [-0.1, -0.05) is 12.1 Å². The van der Waals surface area contributed by atoms with Crippen molar-refractivity contribution in [3.8, 4) is 11.4 Å². The van der Waals surface area contributed by atoms with E-state index in [9.17, 15) is 4.79 Å². The molecule has 0 spiro atoms. The molecule has 0 bridgehead atoms. The molecule has 3 aromatic heterocycles. The fraction of sp³-hybridized carbons (Fsp3) is 0.211. The van der Waals surface area contributed by atoms with Crippen molar-refractivity contribution in [1.29, 1.82) is 0 Å². The van der Waals surface area contributed by atoms with Crippen molar-refractivity contribution in [2.75, 3.05) is 5.32 Å². The molecule has 8 nitrogen and oxygen atoms in total. The summed E-state index contributed by atoms with van der Waals surface area (Å²) in [6.07, 6.45) is 3.26. The summed E-state index contributed by atoms with van der Waals surface area (Å²) in [4.78, 5) is 17.0. The van der Waals surface area contributed by atoms with Gasteiger partial charge >= 0.3 is 0 Å². The molecule has 8 heteroatoms. The van der Waals surface area contributed by atoms with Gasteiger partial charge in [0.1, 0.15) is 6.33 Å². The topological polar surface area (TPSA) is 90.5 Å². The number of hydrogen-bond donors (Lipinski definition) is 1. The molecular formula is C19H19N7O. The highest BCUT2D eigenvalue weighted by Gasteiger charge is 2.13. The second-order valence-corrected chi connectivity index (χ2v) is 6.28. The van der Waals surface area contributed by atoms with Crippen LogP contribution < -0.4 is 5.32 Å². The summed E-state index contributed by atoms with van der Waals surface area (Å²) in [6, 6.07) is 9.37. The minimum atomic E-state index is -0.221. The van der Waals surface area contributed by atoms with E-state index in [1.165, 1.54) is 0 Å². The van der Waals surface area contributed by atoms with Crippen molar-refractivity contribution in [2.24, 2.45) is 7.05 Å². The van der Waals surface area contributed by atoms with Crippen molar-refractivity contribution >= 4 is 22.6 Å². The third-order valence-corrected chi connectivity index (χ3v) is 4.46. The van der Waals surface area contributed by atoms with Gasteiger partial charge in [-0.2, -0.15) is 5.10 Å². The Bertz CT molecular complexity index is 1140. The number of hydrogen-bond acceptors (Lipinski definition) is 5. The molecule has 0 fully saturated rings. The highest BCUT2D eigenvalue weighted by Crippen LogP contribution is 2.22. The van der Waals surface area contributed by atoms with Gasteiger partial charge < -0.3 is 9.88 Å². The normalized spacial score (nSPS) is 11.1. The Hall–Kier alpha value is -3.55. The van der Waals surface area contributed by atoms with E-state index in [2.05, 4.69) is 25.6 Å². The van der Waals surface area contributed by atoms with Crippen LogP contribution in [-0.2, 0) is 13.6 Å². The maximum atomic E-state index is 12.7. The third-order valence-electron chi connectivity index (χ3n) is 4.46. The first-order valence-electron chi connectivity index (χ1n) is 8.65. The van der Waals surface area contributed by atoms with Crippen molar-refractivity contribution < 1.29 is 4.79 Å². The summed E-state index contributed by atoms with van der Waals surface area (Å²) in [7, 11) is 1.84. The van der Waals surface area contributed by atoms with Gasteiger partial charge in [-0.25, -0.2) is 4.98 Å². The van der Waals surface area contributed by atoms with Crippen molar-refractivity contribution in [3.05, 3.63) is 54.1 Å². The zero-order valence-corrected chi connectivity index (χ0v) is 15.3. The summed E-state index contributed by atoms with van der Waals surface area (Å²) in [5, 5.41) is 16.3. The Morgan fingerprint density at radius 2 is 2.11 bits per heavy atom. The zero-order chi connectivity index (χ0) is 19.0. The number of amides is 1. The molecule has 1 aromatic carbocycles. The van der Waals surface area contributed by atoms with Crippen LogP contribution in [0.15, 0.2) is 42.9 Å². The first kappa shape index (κ1) is 16.9. The summed E-state index contributed by atoms with van der Waals surface area (Å²) >= 11 is 0. The summed E-state index contributed by atoms with van der Waals surface area (Å²) in [6.45, 7) is 4.70. The molecule has 0 saturated heterocycles. The minimum Gasteiger partial charge on any atom is -0.322 e. The molecule has 136 valence electrons. The monoisotopic (exact) mass is 361 g/mol. The van der Waals surface area contributed by atoms with E-state index in [1.807, 2.05) is 55.8 Å². The number of pyridine rings is 1. The summed E-state index contributed by atoms with van der Waals surface area (Å²) in [5.41, 5.74) is 3.66. The molecule has 0 radical (unpaired) electrons. The van der Waals surface area contributed by atoms with Crippen LogP contribution in [0.2, 0.25) is 0 Å². The van der Waals surface area contributed by atoms with Crippen molar-refractivity contribution in [3.63, 3.8) is 0 Å². The van der Waals surface area contributed by atoms with Gasteiger partial charge in [0.15, 0.2) is 11.5 Å². The number of aryl methyl sites for hydroxylation is 3. The Kier molecular flexibility index (Phi) is 4.15. The van der Waals surface area contributed by atoms with Gasteiger partial charge in [0.25, 0.3) is 5.91 Å². The number of carbonyl (C=O) groups excluding carboxylic acids is 1. The molecule has 0 saturated carbocycles. The lowest BCUT2D eigenvalue weighted by Gasteiger charge is -2.08. The molecule has 3 heterocycles. The second kappa shape index (κ2) is 6.64. The van der Waals surface area contributed by atoms with Crippen LogP contribution in [0.1, 0.15) is 23.0 Å². The fourth-order valence-corrected chi connectivity index (χ4v) is 3.08. The molecule has 4 aromatic rings. The Morgan fingerprint density at radius 1 is 1.26 bits per heavy atom. The van der Waals surface area contributed by atoms with Crippen LogP contribution in [0.25, 0.3) is 22.4 Å². The molecule has 4 rings (SSSR count). The quantitative estimate of drug-likeness (QED) is 0.604. The number of fused-ring (bicyclic) bond motifs is 1. The highest BCUT2D eigenvalue weighted by molar-refractivity contribution is 6.06. The molecule has 0 aliphatic carbocycles. The first-order chi connectivity index (χ1) is 13.1. The first-order valence-corrected chi connectivity index (χ1v) is 8.65. The lowest BCUT2D eigenvalue weighted by Crippen LogP contribution is -2.12. The molecule has 0 atom stereocenters. The SMILES string of the molecule is CCn1cnnc1-c1cccc(NC(=O)c2cnc3c(c2)c(C)nn3C)c1. The number of aromatic nitrogens is 6. The second-order valence-electron chi connectivity index (χ2n) is 6.28. The predicted molar refractivity (Wildman–Crippen MR) is 102 cm³/mol. The van der Waals surface area contributed by atoms with Crippen LogP contribution in [0, 0.1) is 6.92 Å². The Balaban J connectivity index is 1.62. The fourth-order valence-electron chi connectivity index (χ4n) is 3.08. The van der Waals surface area contributed by atoms with Gasteiger partial charge in [0.05, 0.1) is 11.3 Å². The number of carbonyl (C=O) groups is 1. The van der Waals surface area contributed by atoms with Crippen molar-refractivity contribution in [2.45, 2.75) is 20.4 Å². The zero-order valence-electron chi connectivity index (χ0n) is 15.3. The lowest BCUT2D eigenvalue weighted by molar-refractivity contribution is 0.102. The van der Waals surface area contributed by atoms with Gasteiger partial charge in [-0.3, -0.25) is 9.48 Å². The van der Waals surface area contributed by atoms with E-state index >= 15 is 0 Å².